The maximum Gasteiger partial charge on any atom is 0.302 e. The summed E-state index contributed by atoms with van der Waals surface area (Å²) in [5.74, 6) is -0.0588. The van der Waals surface area contributed by atoms with Crippen molar-refractivity contribution >= 4 is 17.0 Å². The van der Waals surface area contributed by atoms with Gasteiger partial charge in [-0.15, -0.1) is 0 Å². The lowest BCUT2D eigenvalue weighted by Gasteiger charge is -1.99. The summed E-state index contributed by atoms with van der Waals surface area (Å²) in [6, 6.07) is 0. The summed E-state index contributed by atoms with van der Waals surface area (Å²) in [5.41, 5.74) is 0. The van der Waals surface area contributed by atoms with E-state index in [1.165, 1.54) is 6.92 Å². The second kappa shape index (κ2) is 6.30. The maximum atomic E-state index is 10.2. The molecule has 66 valence electrons. The lowest BCUT2D eigenvalue weighted by molar-refractivity contribution is -0.141. The second-order valence-electron chi connectivity index (χ2n) is 2.07. The quantitative estimate of drug-likeness (QED) is 0.381. The number of rotatable bonds is 5. The first-order valence-electron chi connectivity index (χ1n) is 3.33. The summed E-state index contributed by atoms with van der Waals surface area (Å²) in [6.45, 7) is 1.68. The van der Waals surface area contributed by atoms with Gasteiger partial charge in [0.15, 0.2) is 11.1 Å². The molecule has 11 heavy (non-hydrogen) atoms. The van der Waals surface area contributed by atoms with Crippen LogP contribution in [0, 0.1) is 0 Å². The van der Waals surface area contributed by atoms with E-state index in [2.05, 4.69) is 4.74 Å². The van der Waals surface area contributed by atoms with Crippen LogP contribution in [0.25, 0.3) is 0 Å². The van der Waals surface area contributed by atoms with E-state index >= 15 is 0 Å². The minimum atomic E-state index is -1.72. The normalized spacial score (nSPS) is 12.5. The van der Waals surface area contributed by atoms with Gasteiger partial charge in [-0.2, -0.15) is 0 Å². The van der Waals surface area contributed by atoms with Gasteiger partial charge in [0.1, 0.15) is 0 Å². The van der Waals surface area contributed by atoms with E-state index in [1.807, 2.05) is 0 Å². The molecule has 0 fully saturated rings. The first-order chi connectivity index (χ1) is 5.13. The van der Waals surface area contributed by atoms with Crippen molar-refractivity contribution in [3.63, 3.8) is 0 Å². The minimum absolute atomic E-state index is 0.251. The van der Waals surface area contributed by atoms with Crippen LogP contribution in [-0.2, 0) is 20.6 Å². The number of esters is 1. The Morgan fingerprint density at radius 1 is 1.55 bits per heavy atom. The number of hydrogen-bond acceptors (Lipinski definition) is 3. The van der Waals surface area contributed by atoms with E-state index in [4.69, 9.17) is 4.55 Å². The lowest BCUT2D eigenvalue weighted by Crippen LogP contribution is -2.02. The molecule has 0 aromatic heterocycles. The molecule has 0 aliphatic rings. The molecule has 0 spiro atoms. The predicted molar refractivity (Wildman–Crippen MR) is 41.5 cm³/mol. The predicted octanol–water partition coefficient (Wildman–Crippen LogP) is 0.551. The second-order valence-corrected chi connectivity index (χ2v) is 3.12. The van der Waals surface area contributed by atoms with Crippen molar-refractivity contribution in [3.05, 3.63) is 0 Å². The van der Waals surface area contributed by atoms with Gasteiger partial charge in [0.25, 0.3) is 0 Å². The topological polar surface area (TPSA) is 63.6 Å². The SMILES string of the molecule is CC(=O)OCCCCS(=O)O. The van der Waals surface area contributed by atoms with E-state index in [0.29, 0.717) is 19.4 Å². The third-order valence-corrected chi connectivity index (χ3v) is 1.66. The summed E-state index contributed by atoms with van der Waals surface area (Å²) < 4.78 is 23.0. The van der Waals surface area contributed by atoms with Crippen molar-refractivity contribution in [2.45, 2.75) is 19.8 Å². The van der Waals surface area contributed by atoms with Crippen LogP contribution < -0.4 is 0 Å². The summed E-state index contributed by atoms with van der Waals surface area (Å²) in [4.78, 5) is 10.2. The number of ether oxygens (including phenoxy) is 1. The van der Waals surface area contributed by atoms with Gasteiger partial charge in [0.2, 0.25) is 0 Å². The third-order valence-electron chi connectivity index (χ3n) is 1.02. The van der Waals surface area contributed by atoms with E-state index < -0.39 is 11.1 Å². The molecule has 0 rings (SSSR count). The Bertz CT molecular complexity index is 130. The fourth-order valence-corrected chi connectivity index (χ4v) is 0.995. The van der Waals surface area contributed by atoms with Crippen LogP contribution in [0.4, 0.5) is 0 Å². The van der Waals surface area contributed by atoms with Gasteiger partial charge >= 0.3 is 5.97 Å². The molecule has 0 aliphatic carbocycles. The molecule has 1 atom stereocenters. The number of carbonyl (C=O) groups is 1. The average molecular weight is 180 g/mol. The van der Waals surface area contributed by atoms with Crippen molar-refractivity contribution in [2.24, 2.45) is 0 Å². The van der Waals surface area contributed by atoms with Crippen LogP contribution in [0.3, 0.4) is 0 Å². The van der Waals surface area contributed by atoms with Gasteiger partial charge in [0.05, 0.1) is 6.61 Å². The molecule has 1 unspecified atom stereocenters. The largest absolute Gasteiger partial charge is 0.466 e. The Kier molecular flexibility index (Phi) is 6.06. The fraction of sp³-hybridized carbons (Fsp3) is 0.833. The molecule has 4 nitrogen and oxygen atoms in total. The highest BCUT2D eigenvalue weighted by atomic mass is 32.2. The summed E-state index contributed by atoms with van der Waals surface area (Å²) in [7, 11) is 0. The van der Waals surface area contributed by atoms with Crippen LogP contribution in [0.2, 0.25) is 0 Å². The van der Waals surface area contributed by atoms with E-state index in [9.17, 15) is 9.00 Å². The van der Waals surface area contributed by atoms with Crippen LogP contribution in [-0.4, -0.2) is 27.1 Å². The Balaban J connectivity index is 3.03. The standard InChI is InChI=1S/C6H12O4S/c1-6(7)10-4-2-3-5-11(8)9/h2-5H2,1H3,(H,8,9). The molecule has 0 saturated carbocycles. The summed E-state index contributed by atoms with van der Waals surface area (Å²) >= 11 is -1.72. The molecule has 0 radical (unpaired) electrons. The molecule has 0 aromatic rings. The Morgan fingerprint density at radius 2 is 2.18 bits per heavy atom. The maximum absolute atomic E-state index is 10.2. The zero-order valence-corrected chi connectivity index (χ0v) is 7.23. The molecule has 0 bridgehead atoms. The van der Waals surface area contributed by atoms with E-state index in [1.54, 1.807) is 0 Å². The zero-order chi connectivity index (χ0) is 8.69. The zero-order valence-electron chi connectivity index (χ0n) is 6.41. The van der Waals surface area contributed by atoms with Gasteiger partial charge in [-0.25, -0.2) is 4.21 Å². The van der Waals surface area contributed by atoms with Crippen molar-refractivity contribution in [1.29, 1.82) is 0 Å². The van der Waals surface area contributed by atoms with Crippen LogP contribution in [0.1, 0.15) is 19.8 Å². The van der Waals surface area contributed by atoms with E-state index in [0.717, 1.165) is 0 Å². The number of hydrogen-bond donors (Lipinski definition) is 1. The monoisotopic (exact) mass is 180 g/mol. The molecule has 0 heterocycles. The van der Waals surface area contributed by atoms with Gasteiger partial charge < -0.3 is 9.29 Å². The Hall–Kier alpha value is -0.420. The Labute approximate surface area is 68.2 Å². The molecule has 0 aliphatic heterocycles. The molecule has 0 amide bonds. The molecule has 5 heteroatoms. The van der Waals surface area contributed by atoms with Crippen molar-refractivity contribution in [2.75, 3.05) is 12.4 Å². The highest BCUT2D eigenvalue weighted by Gasteiger charge is 1.95. The van der Waals surface area contributed by atoms with Gasteiger partial charge in [-0.3, -0.25) is 4.79 Å². The number of carbonyl (C=O) groups excluding carboxylic acids is 1. The minimum Gasteiger partial charge on any atom is -0.466 e. The highest BCUT2D eigenvalue weighted by molar-refractivity contribution is 7.79. The first-order valence-corrected chi connectivity index (χ1v) is 4.61. The van der Waals surface area contributed by atoms with Crippen LogP contribution in [0.5, 0.6) is 0 Å². The van der Waals surface area contributed by atoms with E-state index in [-0.39, 0.29) is 11.7 Å². The molecule has 0 saturated heterocycles. The summed E-state index contributed by atoms with van der Waals surface area (Å²) in [5, 5.41) is 0. The lowest BCUT2D eigenvalue weighted by atomic mass is 10.4. The van der Waals surface area contributed by atoms with Gasteiger partial charge in [0, 0.05) is 12.7 Å². The molecule has 1 N–H and O–H groups in total. The molecular formula is C6H12O4S. The number of unbranched alkanes of at least 4 members (excludes halogenated alkanes) is 1. The van der Waals surface area contributed by atoms with Gasteiger partial charge in [-0.05, 0) is 12.8 Å². The summed E-state index contributed by atoms with van der Waals surface area (Å²) in [6.07, 6.45) is 1.25. The third kappa shape index (κ3) is 9.58. The van der Waals surface area contributed by atoms with Crippen LogP contribution in [0.15, 0.2) is 0 Å². The molecule has 0 aromatic carbocycles. The fourth-order valence-electron chi connectivity index (χ4n) is 0.543. The first kappa shape index (κ1) is 10.6. The average Bonchev–Trinajstić information content (AvgIpc) is 1.85. The van der Waals surface area contributed by atoms with Crippen molar-refractivity contribution in [1.82, 2.24) is 0 Å². The van der Waals surface area contributed by atoms with Crippen LogP contribution >= 0.6 is 0 Å². The smallest absolute Gasteiger partial charge is 0.302 e. The van der Waals surface area contributed by atoms with Crippen molar-refractivity contribution in [3.8, 4) is 0 Å². The molecular weight excluding hydrogens is 168 g/mol. The highest BCUT2D eigenvalue weighted by Crippen LogP contribution is 1.91. The Morgan fingerprint density at radius 3 is 2.64 bits per heavy atom. The van der Waals surface area contributed by atoms with Gasteiger partial charge in [-0.1, -0.05) is 0 Å². The van der Waals surface area contributed by atoms with Crippen molar-refractivity contribution < 1.29 is 18.3 Å².